The molecule has 0 spiro atoms. The Hall–Kier alpha value is -0.480. The molecule has 0 aliphatic rings. The van der Waals surface area contributed by atoms with Crippen LogP contribution < -0.4 is 5.32 Å². The van der Waals surface area contributed by atoms with Crippen LogP contribution in [0.2, 0.25) is 0 Å². The van der Waals surface area contributed by atoms with Crippen LogP contribution in [-0.2, 0) is 0 Å². The van der Waals surface area contributed by atoms with E-state index in [-0.39, 0.29) is 0 Å². The fourth-order valence-corrected chi connectivity index (χ4v) is 1.24. The quantitative estimate of drug-likeness (QED) is 0.453. The molecule has 0 aromatic rings. The van der Waals surface area contributed by atoms with E-state index in [1.165, 1.54) is 25.7 Å². The topological polar surface area (TPSA) is 12.0 Å². The minimum atomic E-state index is 0.706. The molecule has 0 unspecified atom stereocenters. The van der Waals surface area contributed by atoms with Crippen LogP contribution in [0.5, 0.6) is 0 Å². The maximum Gasteiger partial charge on any atom is 0.0573 e. The van der Waals surface area contributed by atoms with Crippen LogP contribution in [0, 0.1) is 18.3 Å². The average molecular weight is 167 g/mol. The van der Waals surface area contributed by atoms with Crippen LogP contribution in [0.1, 0.15) is 39.5 Å². The van der Waals surface area contributed by atoms with Gasteiger partial charge < -0.3 is 5.32 Å². The van der Waals surface area contributed by atoms with Crippen molar-refractivity contribution >= 4 is 0 Å². The van der Waals surface area contributed by atoms with E-state index >= 15 is 0 Å². The van der Waals surface area contributed by atoms with Crippen LogP contribution >= 0.6 is 0 Å². The van der Waals surface area contributed by atoms with Gasteiger partial charge in [-0.1, -0.05) is 39.0 Å². The third-order valence-corrected chi connectivity index (χ3v) is 2.02. The Morgan fingerprint density at radius 1 is 1.42 bits per heavy atom. The third kappa shape index (κ3) is 7.63. The summed E-state index contributed by atoms with van der Waals surface area (Å²) in [6.45, 7) is 6.28. The van der Waals surface area contributed by atoms with Crippen molar-refractivity contribution in [1.82, 2.24) is 5.32 Å². The minimum Gasteiger partial charge on any atom is -0.306 e. The van der Waals surface area contributed by atoms with Crippen LogP contribution in [0.25, 0.3) is 0 Å². The van der Waals surface area contributed by atoms with Gasteiger partial charge in [0.2, 0.25) is 0 Å². The second-order valence-corrected chi connectivity index (χ2v) is 3.44. The van der Waals surface area contributed by atoms with Gasteiger partial charge in [-0.25, -0.2) is 0 Å². The third-order valence-electron chi connectivity index (χ3n) is 2.02. The molecule has 0 saturated heterocycles. The summed E-state index contributed by atoms with van der Waals surface area (Å²) in [4.78, 5) is 0. The summed E-state index contributed by atoms with van der Waals surface area (Å²) in [5.74, 6) is 3.35. The van der Waals surface area contributed by atoms with Crippen LogP contribution in [-0.4, -0.2) is 13.1 Å². The van der Waals surface area contributed by atoms with Gasteiger partial charge in [-0.05, 0) is 18.9 Å². The highest BCUT2D eigenvalue weighted by atomic mass is 14.8. The summed E-state index contributed by atoms with van der Waals surface area (Å²) < 4.78 is 0. The van der Waals surface area contributed by atoms with E-state index in [9.17, 15) is 0 Å². The number of hydrogen-bond donors (Lipinski definition) is 1. The lowest BCUT2D eigenvalue weighted by Gasteiger charge is -2.10. The molecule has 0 amide bonds. The van der Waals surface area contributed by atoms with Crippen molar-refractivity contribution in [3.63, 3.8) is 0 Å². The number of rotatable bonds is 7. The van der Waals surface area contributed by atoms with Gasteiger partial charge in [-0.15, -0.1) is 6.42 Å². The van der Waals surface area contributed by atoms with Crippen LogP contribution in [0.4, 0.5) is 0 Å². The van der Waals surface area contributed by atoms with Crippen LogP contribution in [0.15, 0.2) is 0 Å². The Kier molecular flexibility index (Phi) is 8.27. The van der Waals surface area contributed by atoms with E-state index < -0.39 is 0 Å². The van der Waals surface area contributed by atoms with Crippen molar-refractivity contribution in [2.24, 2.45) is 5.92 Å². The van der Waals surface area contributed by atoms with Gasteiger partial charge in [0, 0.05) is 0 Å². The Morgan fingerprint density at radius 3 is 2.75 bits per heavy atom. The molecule has 0 heterocycles. The Balaban J connectivity index is 3.11. The fraction of sp³-hybridized carbons (Fsp3) is 0.818. The minimum absolute atomic E-state index is 0.706. The summed E-state index contributed by atoms with van der Waals surface area (Å²) in [5.41, 5.74) is 0. The van der Waals surface area contributed by atoms with Gasteiger partial charge in [0.1, 0.15) is 0 Å². The maximum atomic E-state index is 5.12. The van der Waals surface area contributed by atoms with Crippen molar-refractivity contribution in [2.45, 2.75) is 39.5 Å². The molecule has 0 saturated carbocycles. The number of terminal acetylenes is 1. The molecule has 12 heavy (non-hydrogen) atoms. The summed E-state index contributed by atoms with van der Waals surface area (Å²) in [7, 11) is 0. The predicted octanol–water partition coefficient (Wildman–Crippen LogP) is 2.43. The molecule has 0 aliphatic heterocycles. The van der Waals surface area contributed by atoms with Crippen molar-refractivity contribution < 1.29 is 0 Å². The van der Waals surface area contributed by atoms with Crippen molar-refractivity contribution in [2.75, 3.05) is 13.1 Å². The van der Waals surface area contributed by atoms with E-state index in [1.54, 1.807) is 0 Å². The van der Waals surface area contributed by atoms with Crippen molar-refractivity contribution in [3.05, 3.63) is 0 Å². The second-order valence-electron chi connectivity index (χ2n) is 3.44. The molecule has 70 valence electrons. The lowest BCUT2D eigenvalue weighted by atomic mass is 10.0. The predicted molar refractivity (Wildman–Crippen MR) is 55.0 cm³/mol. The monoisotopic (exact) mass is 167 g/mol. The lowest BCUT2D eigenvalue weighted by molar-refractivity contribution is 0.469. The van der Waals surface area contributed by atoms with E-state index in [4.69, 9.17) is 6.42 Å². The molecule has 1 heteroatoms. The molecular weight excluding hydrogens is 146 g/mol. The molecule has 1 nitrogen and oxygen atoms in total. The lowest BCUT2D eigenvalue weighted by Crippen LogP contribution is -2.21. The molecule has 0 aromatic heterocycles. The molecular formula is C11H21N. The fourth-order valence-electron chi connectivity index (χ4n) is 1.24. The normalized spacial score (nSPS) is 12.4. The van der Waals surface area contributed by atoms with Crippen molar-refractivity contribution in [3.8, 4) is 12.3 Å². The zero-order valence-electron chi connectivity index (χ0n) is 8.40. The smallest absolute Gasteiger partial charge is 0.0573 e. The molecule has 0 radical (unpaired) electrons. The number of nitrogens with one attached hydrogen (secondary N) is 1. The molecule has 1 N–H and O–H groups in total. The van der Waals surface area contributed by atoms with Gasteiger partial charge in [-0.3, -0.25) is 0 Å². The first-order chi connectivity index (χ1) is 5.81. The highest BCUT2D eigenvalue weighted by Gasteiger charge is 1.99. The summed E-state index contributed by atoms with van der Waals surface area (Å²) in [6, 6.07) is 0. The summed E-state index contributed by atoms with van der Waals surface area (Å²) in [5, 5.41) is 3.23. The molecule has 0 rings (SSSR count). The Morgan fingerprint density at radius 2 is 2.17 bits per heavy atom. The van der Waals surface area contributed by atoms with Gasteiger partial charge >= 0.3 is 0 Å². The van der Waals surface area contributed by atoms with Gasteiger partial charge in [0.05, 0.1) is 6.54 Å². The molecule has 0 bridgehead atoms. The van der Waals surface area contributed by atoms with E-state index in [0.29, 0.717) is 6.54 Å². The first kappa shape index (κ1) is 11.5. The second kappa shape index (κ2) is 8.62. The van der Waals surface area contributed by atoms with Gasteiger partial charge in [-0.2, -0.15) is 0 Å². The average Bonchev–Trinajstić information content (AvgIpc) is 2.06. The van der Waals surface area contributed by atoms with Gasteiger partial charge in [0.15, 0.2) is 0 Å². The number of unbranched alkanes of at least 4 members (excludes halogenated alkanes) is 2. The summed E-state index contributed by atoms with van der Waals surface area (Å²) in [6.07, 6.45) is 10.5. The highest BCUT2D eigenvalue weighted by molar-refractivity contribution is 4.86. The van der Waals surface area contributed by atoms with E-state index in [1.807, 2.05) is 0 Å². The van der Waals surface area contributed by atoms with Crippen LogP contribution in [0.3, 0.4) is 0 Å². The Bertz CT molecular complexity index is 123. The largest absolute Gasteiger partial charge is 0.306 e. The zero-order valence-corrected chi connectivity index (χ0v) is 8.40. The maximum absolute atomic E-state index is 5.12. The highest BCUT2D eigenvalue weighted by Crippen LogP contribution is 2.07. The Labute approximate surface area is 76.9 Å². The standard InChI is InChI=1S/C11H21N/c1-4-6-7-8-11(3)10-12-9-5-2/h2,11-12H,4,6-10H2,1,3H3/t11-/m1/s1. The molecule has 0 aliphatic carbocycles. The van der Waals surface area contributed by atoms with E-state index in [2.05, 4.69) is 25.1 Å². The molecule has 0 aromatic carbocycles. The number of hydrogen-bond acceptors (Lipinski definition) is 1. The molecule has 0 fully saturated rings. The first-order valence-electron chi connectivity index (χ1n) is 4.95. The SMILES string of the molecule is C#CCNC[C@H](C)CCCCC. The molecule has 1 atom stereocenters. The van der Waals surface area contributed by atoms with Crippen molar-refractivity contribution in [1.29, 1.82) is 0 Å². The summed E-state index contributed by atoms with van der Waals surface area (Å²) >= 11 is 0. The first-order valence-corrected chi connectivity index (χ1v) is 4.95. The van der Waals surface area contributed by atoms with E-state index in [0.717, 1.165) is 12.5 Å². The zero-order chi connectivity index (χ0) is 9.23. The van der Waals surface area contributed by atoms with Gasteiger partial charge in [0.25, 0.3) is 0 Å².